The van der Waals surface area contributed by atoms with Gasteiger partial charge in [-0.25, -0.2) is 0 Å². The zero-order chi connectivity index (χ0) is 11.8. The summed E-state index contributed by atoms with van der Waals surface area (Å²) in [5.41, 5.74) is 1.05. The van der Waals surface area contributed by atoms with Crippen molar-refractivity contribution in [2.75, 3.05) is 0 Å². The first-order valence-corrected chi connectivity index (χ1v) is 6.15. The maximum absolute atomic E-state index is 4.55. The van der Waals surface area contributed by atoms with E-state index in [9.17, 15) is 0 Å². The molecule has 0 saturated carbocycles. The van der Waals surface area contributed by atoms with Crippen molar-refractivity contribution < 1.29 is 0 Å². The van der Waals surface area contributed by atoms with Crippen LogP contribution >= 0.6 is 0 Å². The van der Waals surface area contributed by atoms with E-state index >= 15 is 0 Å². The Morgan fingerprint density at radius 3 is 2.50 bits per heavy atom. The summed E-state index contributed by atoms with van der Waals surface area (Å²) < 4.78 is 0. The molecule has 1 heteroatoms. The summed E-state index contributed by atoms with van der Waals surface area (Å²) >= 11 is 0. The smallest absolute Gasteiger partial charge is 0.0625 e. The molecule has 0 bridgehead atoms. The Morgan fingerprint density at radius 1 is 1.25 bits per heavy atom. The molecule has 0 heterocycles. The second kappa shape index (κ2) is 7.21. The number of rotatable bonds is 6. The molecule has 16 heavy (non-hydrogen) atoms. The van der Waals surface area contributed by atoms with E-state index in [0.29, 0.717) is 11.8 Å². The van der Waals surface area contributed by atoms with Gasteiger partial charge in [-0.1, -0.05) is 45.4 Å². The number of hydrogen-bond donors (Lipinski definition) is 0. The average molecular weight is 216 g/mol. The van der Waals surface area contributed by atoms with Gasteiger partial charge in [-0.15, -0.1) is 0 Å². The van der Waals surface area contributed by atoms with Crippen molar-refractivity contribution in [2.24, 2.45) is 16.8 Å². The molecule has 0 aliphatic rings. The minimum atomic E-state index is 0.565. The number of para-hydroxylation sites is 1. The zero-order valence-corrected chi connectivity index (χ0v) is 10.6. The van der Waals surface area contributed by atoms with Gasteiger partial charge in [0.25, 0.3) is 0 Å². The van der Waals surface area contributed by atoms with E-state index in [1.54, 1.807) is 0 Å². The lowest BCUT2D eigenvalue weighted by Crippen LogP contribution is -2.12. The van der Waals surface area contributed by atoms with Crippen molar-refractivity contribution >= 4 is 11.9 Å². The topological polar surface area (TPSA) is 12.4 Å². The summed E-state index contributed by atoms with van der Waals surface area (Å²) in [5, 5.41) is 0. The van der Waals surface area contributed by atoms with Crippen LogP contribution in [-0.4, -0.2) is 6.21 Å². The van der Waals surface area contributed by atoms with Crippen molar-refractivity contribution in [3.8, 4) is 0 Å². The molecule has 0 aliphatic carbocycles. The Hall–Kier alpha value is -1.11. The first-order valence-electron chi connectivity index (χ1n) is 6.15. The second-order valence-corrected chi connectivity index (χ2v) is 4.31. The minimum absolute atomic E-state index is 0.565. The van der Waals surface area contributed by atoms with Crippen LogP contribution in [0, 0.1) is 18.3 Å². The van der Waals surface area contributed by atoms with E-state index in [2.05, 4.69) is 38.4 Å². The second-order valence-electron chi connectivity index (χ2n) is 4.31. The Balaban J connectivity index is 2.64. The van der Waals surface area contributed by atoms with Gasteiger partial charge in [-0.3, -0.25) is 4.99 Å². The Bertz CT molecular complexity index is 302. The SMILES string of the molecule is C[CH]CC(C=Nc1ccccc1)C(C)CC. The van der Waals surface area contributed by atoms with E-state index in [1.165, 1.54) is 6.42 Å². The molecule has 0 N–H and O–H groups in total. The van der Waals surface area contributed by atoms with Crippen LogP contribution in [0.3, 0.4) is 0 Å². The molecule has 0 fully saturated rings. The van der Waals surface area contributed by atoms with Gasteiger partial charge in [0.2, 0.25) is 0 Å². The van der Waals surface area contributed by atoms with E-state index in [-0.39, 0.29) is 0 Å². The minimum Gasteiger partial charge on any atom is -0.261 e. The summed E-state index contributed by atoms with van der Waals surface area (Å²) in [4.78, 5) is 4.55. The van der Waals surface area contributed by atoms with Gasteiger partial charge in [0.15, 0.2) is 0 Å². The largest absolute Gasteiger partial charge is 0.261 e. The van der Waals surface area contributed by atoms with Crippen LogP contribution in [0.1, 0.15) is 33.6 Å². The fraction of sp³-hybridized carbons (Fsp3) is 0.467. The molecule has 0 saturated heterocycles. The molecule has 0 aromatic heterocycles. The van der Waals surface area contributed by atoms with Crippen LogP contribution in [0.2, 0.25) is 0 Å². The number of hydrogen-bond acceptors (Lipinski definition) is 1. The van der Waals surface area contributed by atoms with Gasteiger partial charge < -0.3 is 0 Å². The highest BCUT2D eigenvalue weighted by Crippen LogP contribution is 2.20. The standard InChI is InChI=1S/C15H22N/c1-4-9-14(13(3)5-2)12-16-15-10-7-6-8-11-15/h4,6-8,10-14H,5,9H2,1-3H3. The molecule has 87 valence electrons. The predicted molar refractivity (Wildman–Crippen MR) is 72.1 cm³/mol. The third-order valence-electron chi connectivity index (χ3n) is 3.05. The highest BCUT2D eigenvalue weighted by molar-refractivity contribution is 5.66. The summed E-state index contributed by atoms with van der Waals surface area (Å²) in [6.45, 7) is 6.65. The highest BCUT2D eigenvalue weighted by atomic mass is 14.7. The van der Waals surface area contributed by atoms with E-state index < -0.39 is 0 Å². The van der Waals surface area contributed by atoms with Crippen molar-refractivity contribution in [1.29, 1.82) is 0 Å². The van der Waals surface area contributed by atoms with Crippen molar-refractivity contribution in [3.63, 3.8) is 0 Å². The van der Waals surface area contributed by atoms with Gasteiger partial charge in [0, 0.05) is 6.21 Å². The molecule has 0 amide bonds. The van der Waals surface area contributed by atoms with Crippen LogP contribution < -0.4 is 0 Å². The normalized spacial score (nSPS) is 15.2. The first kappa shape index (κ1) is 13.0. The van der Waals surface area contributed by atoms with Gasteiger partial charge in [0.05, 0.1) is 5.69 Å². The third kappa shape index (κ3) is 4.18. The van der Waals surface area contributed by atoms with E-state index in [0.717, 1.165) is 12.1 Å². The molecule has 0 aliphatic heterocycles. The van der Waals surface area contributed by atoms with Crippen molar-refractivity contribution in [1.82, 2.24) is 0 Å². The van der Waals surface area contributed by atoms with Gasteiger partial charge in [-0.05, 0) is 36.8 Å². The lowest BCUT2D eigenvalue weighted by atomic mass is 9.89. The summed E-state index contributed by atoms with van der Waals surface area (Å²) in [6, 6.07) is 10.2. The highest BCUT2D eigenvalue weighted by Gasteiger charge is 2.12. The number of nitrogens with zero attached hydrogens (tertiary/aromatic N) is 1. The Labute approximate surface area is 99.6 Å². The fourth-order valence-electron chi connectivity index (χ4n) is 1.71. The molecule has 1 rings (SSSR count). The molecule has 1 aromatic carbocycles. The number of aliphatic imine (C=N–C) groups is 1. The molecule has 2 unspecified atom stereocenters. The van der Waals surface area contributed by atoms with Crippen LogP contribution in [0.25, 0.3) is 0 Å². The van der Waals surface area contributed by atoms with Crippen LogP contribution in [0.5, 0.6) is 0 Å². The third-order valence-corrected chi connectivity index (χ3v) is 3.05. The van der Waals surface area contributed by atoms with Gasteiger partial charge in [0.1, 0.15) is 0 Å². The van der Waals surface area contributed by atoms with Crippen LogP contribution in [0.15, 0.2) is 35.3 Å². The van der Waals surface area contributed by atoms with E-state index in [1.807, 2.05) is 30.3 Å². The molecule has 1 nitrogen and oxygen atoms in total. The fourth-order valence-corrected chi connectivity index (χ4v) is 1.71. The molecule has 2 atom stereocenters. The van der Waals surface area contributed by atoms with Crippen LogP contribution in [-0.2, 0) is 0 Å². The number of benzene rings is 1. The predicted octanol–water partition coefficient (Wildman–Crippen LogP) is 4.67. The monoisotopic (exact) mass is 216 g/mol. The molecule has 1 radical (unpaired) electrons. The van der Waals surface area contributed by atoms with Crippen molar-refractivity contribution in [3.05, 3.63) is 36.8 Å². The molecule has 1 aromatic rings. The maximum Gasteiger partial charge on any atom is 0.0625 e. The Kier molecular flexibility index (Phi) is 5.84. The van der Waals surface area contributed by atoms with Crippen LogP contribution in [0.4, 0.5) is 5.69 Å². The Morgan fingerprint density at radius 2 is 1.94 bits per heavy atom. The van der Waals surface area contributed by atoms with Gasteiger partial charge >= 0.3 is 0 Å². The van der Waals surface area contributed by atoms with Crippen molar-refractivity contribution in [2.45, 2.75) is 33.6 Å². The molecule has 0 spiro atoms. The molecular formula is C15H22N. The van der Waals surface area contributed by atoms with E-state index in [4.69, 9.17) is 0 Å². The summed E-state index contributed by atoms with van der Waals surface area (Å²) in [6.07, 6.45) is 6.67. The van der Waals surface area contributed by atoms with Gasteiger partial charge in [-0.2, -0.15) is 0 Å². The summed E-state index contributed by atoms with van der Waals surface area (Å²) in [7, 11) is 0. The first-order chi connectivity index (χ1) is 7.77. The summed E-state index contributed by atoms with van der Waals surface area (Å²) in [5.74, 6) is 1.26. The lowest BCUT2D eigenvalue weighted by molar-refractivity contribution is 0.442. The molecular weight excluding hydrogens is 194 g/mol. The maximum atomic E-state index is 4.55. The zero-order valence-electron chi connectivity index (χ0n) is 10.6. The average Bonchev–Trinajstić information content (AvgIpc) is 2.34. The quantitative estimate of drug-likeness (QED) is 0.613. The lowest BCUT2D eigenvalue weighted by Gasteiger charge is -2.17.